The summed E-state index contributed by atoms with van der Waals surface area (Å²) in [6.45, 7) is 15.3. The molecule has 54 heavy (non-hydrogen) atoms. The molecule has 7 rings (SSSR count). The van der Waals surface area contributed by atoms with Crippen molar-refractivity contribution < 1.29 is 29.0 Å². The molecule has 0 saturated heterocycles. The van der Waals surface area contributed by atoms with Crippen molar-refractivity contribution in [2.24, 2.45) is 62.7 Å². The lowest BCUT2D eigenvalue weighted by Gasteiger charge is -2.69. The van der Waals surface area contributed by atoms with E-state index in [2.05, 4.69) is 57.9 Å². The van der Waals surface area contributed by atoms with Gasteiger partial charge in [0, 0.05) is 0 Å². The van der Waals surface area contributed by atoms with Gasteiger partial charge in [0.2, 0.25) is 12.8 Å². The molecule has 5 saturated carbocycles. The number of carbonyl (C=O) groups excluding carboxylic acids is 2. The van der Waals surface area contributed by atoms with E-state index in [4.69, 9.17) is 9.59 Å². The lowest BCUT2D eigenvalue weighted by atomic mass is 9.36. The highest BCUT2D eigenvalue weighted by Gasteiger charge is 2.66. The van der Waals surface area contributed by atoms with Gasteiger partial charge in [-0.15, -0.1) is 6.58 Å². The van der Waals surface area contributed by atoms with Gasteiger partial charge in [0.15, 0.2) is 0 Å². The van der Waals surface area contributed by atoms with Crippen LogP contribution in [-0.4, -0.2) is 35.1 Å². The van der Waals surface area contributed by atoms with Gasteiger partial charge in [0.25, 0.3) is 0 Å². The molecule has 9 unspecified atom stereocenters. The molecule has 0 spiro atoms. The maximum atomic E-state index is 15.0. The van der Waals surface area contributed by atoms with Crippen molar-refractivity contribution in [2.75, 3.05) is 0 Å². The number of aliphatic hydroxyl groups excluding tert-OH is 1. The molecular formula is C46H67FN2O5. The minimum absolute atomic E-state index is 0.0112. The number of benzene rings is 2. The van der Waals surface area contributed by atoms with Gasteiger partial charge in [0.1, 0.15) is 5.82 Å². The molecule has 9 atom stereocenters. The number of carboxylic acids is 1. The molecule has 5 fully saturated rings. The maximum absolute atomic E-state index is 15.0. The summed E-state index contributed by atoms with van der Waals surface area (Å²) in [5, 5.41) is 20.2. The number of hydrogen-bond acceptors (Lipinski definition) is 4. The Bertz CT molecular complexity index is 1580. The number of nitrogens with two attached hydrogens (primary N) is 2. The average Bonchev–Trinajstić information content (AvgIpc) is 3.55. The molecule has 8 heteroatoms. The highest BCUT2D eigenvalue weighted by atomic mass is 19.1. The summed E-state index contributed by atoms with van der Waals surface area (Å²) in [4.78, 5) is 28.4. The SMILES string of the molecule is C=CC.CC1(C)C(O)CCC2(C)C1CCC1(C)C3CCC4(Cc5ccc(F)c(CCc6ccc(C(=O)O)cc6)c5)CCCC4C3CCC12.NC=O.NC=O. The van der Waals surface area contributed by atoms with Gasteiger partial charge in [0.05, 0.1) is 11.7 Å². The van der Waals surface area contributed by atoms with Crippen LogP contribution in [0.15, 0.2) is 55.1 Å². The zero-order valence-electron chi connectivity index (χ0n) is 33.5. The monoisotopic (exact) mass is 747 g/mol. The molecule has 0 heterocycles. The third kappa shape index (κ3) is 8.49. The topological polar surface area (TPSA) is 144 Å². The summed E-state index contributed by atoms with van der Waals surface area (Å²) in [6, 6.07) is 12.9. The van der Waals surface area contributed by atoms with Gasteiger partial charge in [-0.3, -0.25) is 9.59 Å². The zero-order valence-corrected chi connectivity index (χ0v) is 33.5. The first-order valence-corrected chi connectivity index (χ1v) is 20.3. The fraction of sp³-hybridized carbons (Fsp3) is 0.630. The quantitative estimate of drug-likeness (QED) is 0.172. The molecule has 2 aromatic rings. The summed E-state index contributed by atoms with van der Waals surface area (Å²) in [5.41, 5.74) is 12.9. The second-order valence-corrected chi connectivity index (χ2v) is 18.1. The van der Waals surface area contributed by atoms with Crippen molar-refractivity contribution in [3.8, 4) is 0 Å². The molecule has 2 amide bonds. The predicted octanol–water partition coefficient (Wildman–Crippen LogP) is 9.07. The van der Waals surface area contributed by atoms with E-state index in [1.54, 1.807) is 24.3 Å². The molecule has 0 aliphatic heterocycles. The van der Waals surface area contributed by atoms with E-state index in [9.17, 15) is 15.0 Å². The van der Waals surface area contributed by atoms with E-state index >= 15 is 4.39 Å². The van der Waals surface area contributed by atoms with E-state index in [0.29, 0.717) is 35.0 Å². The third-order valence-electron chi connectivity index (χ3n) is 15.2. The van der Waals surface area contributed by atoms with Crippen LogP contribution in [0.4, 0.5) is 4.39 Å². The van der Waals surface area contributed by atoms with Crippen molar-refractivity contribution in [2.45, 2.75) is 131 Å². The van der Waals surface area contributed by atoms with Crippen LogP contribution in [0, 0.1) is 57.1 Å². The predicted molar refractivity (Wildman–Crippen MR) is 214 cm³/mol. The van der Waals surface area contributed by atoms with Gasteiger partial charge >= 0.3 is 5.97 Å². The number of fused-ring (bicyclic) bond motifs is 7. The Morgan fingerprint density at radius 2 is 1.43 bits per heavy atom. The number of aromatic carboxylic acids is 1. The lowest BCUT2D eigenvalue weighted by Crippen LogP contribution is -2.63. The lowest BCUT2D eigenvalue weighted by molar-refractivity contribution is -0.214. The van der Waals surface area contributed by atoms with Crippen LogP contribution in [0.2, 0.25) is 0 Å². The summed E-state index contributed by atoms with van der Waals surface area (Å²) in [6.07, 6.45) is 18.6. The number of primary amides is 2. The molecule has 6 N–H and O–H groups in total. The maximum Gasteiger partial charge on any atom is 0.335 e. The van der Waals surface area contributed by atoms with Crippen molar-refractivity contribution in [1.82, 2.24) is 0 Å². The van der Waals surface area contributed by atoms with Crippen LogP contribution in [0.25, 0.3) is 0 Å². The number of aliphatic hydroxyl groups is 1. The fourth-order valence-corrected chi connectivity index (χ4v) is 13.1. The first-order chi connectivity index (χ1) is 25.6. The number of carboxylic acid groups (broad SMARTS) is 1. The third-order valence-corrected chi connectivity index (χ3v) is 15.2. The number of allylic oxidation sites excluding steroid dienone is 1. The Morgan fingerprint density at radius 3 is 2.06 bits per heavy atom. The smallest absolute Gasteiger partial charge is 0.335 e. The number of carbonyl (C=O) groups is 3. The number of aryl methyl sites for hydroxylation is 2. The standard InChI is InChI=1S/C41H55FO3.C3H6.2CH3NO/c1-38(2)34-18-21-39(3)31-17-23-41(20-5-6-32(41)30(31)14-16-35(39)40(34,4)22-19-36(38)43)25-27-10-15-33(42)29(24-27)13-9-26-7-11-28(12-8-26)37(44)45;1-3-2;2*2-1-3/h7-8,10-12,15,24,30-32,34-36,43H,5-6,9,13-14,16-23,25H2,1-4H3,(H,44,45);3H,1H2,2H3;2*1H,(H2,2,3). The molecule has 0 radical (unpaired) electrons. The Kier molecular flexibility index (Phi) is 14.4. The Labute approximate surface area is 323 Å². The van der Waals surface area contributed by atoms with Gasteiger partial charge in [-0.1, -0.05) is 64.5 Å². The molecule has 0 bridgehead atoms. The molecule has 5 aliphatic carbocycles. The van der Waals surface area contributed by atoms with Crippen molar-refractivity contribution in [3.63, 3.8) is 0 Å². The van der Waals surface area contributed by atoms with Gasteiger partial charge < -0.3 is 21.7 Å². The largest absolute Gasteiger partial charge is 0.478 e. The van der Waals surface area contributed by atoms with E-state index in [1.165, 1.54) is 69.8 Å². The second kappa shape index (κ2) is 18.0. The van der Waals surface area contributed by atoms with Gasteiger partial charge in [-0.2, -0.15) is 0 Å². The average molecular weight is 747 g/mol. The number of amides is 2. The second-order valence-electron chi connectivity index (χ2n) is 18.1. The van der Waals surface area contributed by atoms with Crippen molar-refractivity contribution in [3.05, 3.63) is 83.2 Å². The minimum Gasteiger partial charge on any atom is -0.478 e. The molecule has 7 nitrogen and oxygen atoms in total. The van der Waals surface area contributed by atoms with Crippen LogP contribution in [0.1, 0.15) is 132 Å². The first kappa shape index (κ1) is 43.2. The molecule has 5 aliphatic rings. The fourth-order valence-electron chi connectivity index (χ4n) is 13.1. The Hall–Kier alpha value is -3.52. The zero-order chi connectivity index (χ0) is 39.9. The molecule has 2 aromatic carbocycles. The molecule has 0 aromatic heterocycles. The molecule has 298 valence electrons. The summed E-state index contributed by atoms with van der Waals surface area (Å²) < 4.78 is 15.0. The van der Waals surface area contributed by atoms with E-state index in [1.807, 2.05) is 19.1 Å². The van der Waals surface area contributed by atoms with E-state index < -0.39 is 5.97 Å². The first-order valence-electron chi connectivity index (χ1n) is 20.3. The van der Waals surface area contributed by atoms with E-state index in [-0.39, 0.29) is 35.7 Å². The van der Waals surface area contributed by atoms with Crippen molar-refractivity contribution >= 4 is 18.8 Å². The summed E-state index contributed by atoms with van der Waals surface area (Å²) >= 11 is 0. The highest BCUT2D eigenvalue weighted by molar-refractivity contribution is 5.87. The van der Waals surface area contributed by atoms with Crippen molar-refractivity contribution in [1.29, 1.82) is 0 Å². The van der Waals surface area contributed by atoms with Crippen LogP contribution >= 0.6 is 0 Å². The Morgan fingerprint density at radius 1 is 0.815 bits per heavy atom. The van der Waals surface area contributed by atoms with Crippen LogP contribution in [0.3, 0.4) is 0 Å². The normalized spacial score (nSPS) is 34.1. The Balaban J connectivity index is 0.000000659. The van der Waals surface area contributed by atoms with Crippen LogP contribution in [0.5, 0.6) is 0 Å². The van der Waals surface area contributed by atoms with Crippen LogP contribution < -0.4 is 11.5 Å². The van der Waals surface area contributed by atoms with E-state index in [0.717, 1.165) is 47.6 Å². The molecular weight excluding hydrogens is 680 g/mol. The number of rotatable bonds is 6. The van der Waals surface area contributed by atoms with Crippen LogP contribution in [-0.2, 0) is 28.9 Å². The number of hydrogen-bond donors (Lipinski definition) is 4. The van der Waals surface area contributed by atoms with Gasteiger partial charge in [-0.05, 0) is 177 Å². The van der Waals surface area contributed by atoms with Gasteiger partial charge in [-0.25, -0.2) is 9.18 Å². The highest BCUT2D eigenvalue weighted by Crippen LogP contribution is 2.73. The minimum atomic E-state index is -0.920. The summed E-state index contributed by atoms with van der Waals surface area (Å²) in [5.74, 6) is 2.76. The summed E-state index contributed by atoms with van der Waals surface area (Å²) in [7, 11) is 0. The number of halogens is 1.